The molecule has 69 valence electrons. The highest BCUT2D eigenvalue weighted by Crippen LogP contribution is 2.21. The number of carbonyl (C=O) groups is 1. The minimum absolute atomic E-state index is 0.311. The van der Waals surface area contributed by atoms with Crippen LogP contribution in [0.25, 0.3) is 10.8 Å². The van der Waals surface area contributed by atoms with Crippen molar-refractivity contribution in [3.8, 4) is 0 Å². The molecule has 0 saturated carbocycles. The first-order valence-electron chi connectivity index (χ1n) is 4.23. The van der Waals surface area contributed by atoms with Crippen molar-refractivity contribution in [3.05, 3.63) is 43.6 Å². The van der Waals surface area contributed by atoms with Gasteiger partial charge >= 0.3 is 0 Å². The Labute approximate surface area is 81.8 Å². The molecule has 3 heteroatoms. The zero-order chi connectivity index (χ0) is 9.97. The highest BCUT2D eigenvalue weighted by Gasteiger charge is 2.00. The first-order valence-corrected chi connectivity index (χ1v) is 4.23. The molecule has 1 N–H and O–H groups in total. The van der Waals surface area contributed by atoms with Gasteiger partial charge in [0.15, 0.2) is 0 Å². The summed E-state index contributed by atoms with van der Waals surface area (Å²) in [6.07, 6.45) is 3.45. The quantitative estimate of drug-likeness (QED) is 0.738. The second-order valence-electron chi connectivity index (χ2n) is 2.95. The fourth-order valence-corrected chi connectivity index (χ4v) is 1.38. The number of benzene rings is 1. The predicted molar refractivity (Wildman–Crippen MR) is 55.7 cm³/mol. The largest absolute Gasteiger partial charge is 0.326 e. The van der Waals surface area contributed by atoms with Crippen LogP contribution in [-0.2, 0) is 4.79 Å². The van der Waals surface area contributed by atoms with E-state index in [4.69, 9.17) is 0 Å². The molecule has 1 heterocycles. The first kappa shape index (κ1) is 8.69. The zero-order valence-electron chi connectivity index (χ0n) is 7.53. The van der Waals surface area contributed by atoms with E-state index in [1.165, 1.54) is 0 Å². The minimum Gasteiger partial charge on any atom is -0.326 e. The number of nitrogens with zero attached hydrogens (tertiary/aromatic N) is 1. The number of hydrogen-bond donors (Lipinski definition) is 1. The molecule has 0 aliphatic rings. The molecule has 1 radical (unpaired) electrons. The van der Waals surface area contributed by atoms with Crippen molar-refractivity contribution in [2.24, 2.45) is 0 Å². The van der Waals surface area contributed by atoms with Crippen molar-refractivity contribution in [2.45, 2.75) is 0 Å². The van der Waals surface area contributed by atoms with Crippen LogP contribution >= 0.6 is 0 Å². The molecule has 1 amide bonds. The fraction of sp³-hybridized carbons (Fsp3) is 0. The molecule has 0 saturated heterocycles. The molecule has 0 atom stereocenters. The van der Waals surface area contributed by atoms with E-state index < -0.39 is 0 Å². The van der Waals surface area contributed by atoms with E-state index in [1.54, 1.807) is 12.4 Å². The van der Waals surface area contributed by atoms with Gasteiger partial charge in [0.25, 0.3) is 0 Å². The molecule has 1 aromatic heterocycles. The molecule has 0 spiro atoms. The Kier molecular flexibility index (Phi) is 2.14. The molecule has 1 aromatic carbocycles. The van der Waals surface area contributed by atoms with Gasteiger partial charge in [-0.25, -0.2) is 0 Å². The molecule has 2 aromatic rings. The van der Waals surface area contributed by atoms with Gasteiger partial charge < -0.3 is 5.32 Å². The number of hydrogen-bond acceptors (Lipinski definition) is 2. The van der Waals surface area contributed by atoms with Crippen LogP contribution in [0.5, 0.6) is 0 Å². The molecule has 2 rings (SSSR count). The Balaban J connectivity index is 2.59. The summed E-state index contributed by atoms with van der Waals surface area (Å²) < 4.78 is 0. The lowest BCUT2D eigenvalue weighted by Crippen LogP contribution is -2.06. The van der Waals surface area contributed by atoms with Gasteiger partial charge in [-0.3, -0.25) is 9.78 Å². The van der Waals surface area contributed by atoms with E-state index in [1.807, 2.05) is 24.3 Å². The van der Waals surface area contributed by atoms with Crippen LogP contribution < -0.4 is 5.32 Å². The van der Waals surface area contributed by atoms with Crippen LogP contribution in [0, 0.1) is 6.92 Å². The number of pyridine rings is 1. The zero-order valence-corrected chi connectivity index (χ0v) is 7.53. The van der Waals surface area contributed by atoms with Gasteiger partial charge in [0.2, 0.25) is 5.91 Å². The van der Waals surface area contributed by atoms with Gasteiger partial charge in [0, 0.05) is 35.8 Å². The highest BCUT2D eigenvalue weighted by molar-refractivity contribution is 6.03. The van der Waals surface area contributed by atoms with Crippen LogP contribution in [0.2, 0.25) is 0 Å². The number of carbonyl (C=O) groups excluding carboxylic acids is 1. The molecule has 14 heavy (non-hydrogen) atoms. The summed E-state index contributed by atoms with van der Waals surface area (Å²) >= 11 is 0. The van der Waals surface area contributed by atoms with Gasteiger partial charge in [0.05, 0.1) is 0 Å². The summed E-state index contributed by atoms with van der Waals surface area (Å²) in [7, 11) is 0. The number of anilines is 1. The fourth-order valence-electron chi connectivity index (χ4n) is 1.38. The van der Waals surface area contributed by atoms with E-state index >= 15 is 0 Å². The van der Waals surface area contributed by atoms with Crippen molar-refractivity contribution >= 4 is 22.4 Å². The molecule has 0 unspecified atom stereocenters. The third-order valence-corrected chi connectivity index (χ3v) is 1.95. The van der Waals surface area contributed by atoms with E-state index in [-0.39, 0.29) is 5.91 Å². The maximum atomic E-state index is 10.8. The minimum atomic E-state index is -0.311. The normalized spacial score (nSPS) is 10.1. The van der Waals surface area contributed by atoms with Crippen molar-refractivity contribution in [2.75, 3.05) is 5.32 Å². The van der Waals surface area contributed by atoms with Crippen molar-refractivity contribution in [3.63, 3.8) is 0 Å². The van der Waals surface area contributed by atoms with Crippen molar-refractivity contribution in [1.82, 2.24) is 4.98 Å². The molecule has 0 fully saturated rings. The van der Waals surface area contributed by atoms with Crippen LogP contribution in [0.15, 0.2) is 36.7 Å². The second-order valence-corrected chi connectivity index (χ2v) is 2.95. The number of rotatable bonds is 1. The van der Waals surface area contributed by atoms with Crippen LogP contribution in [0.4, 0.5) is 5.69 Å². The van der Waals surface area contributed by atoms with E-state index in [2.05, 4.69) is 17.2 Å². The van der Waals surface area contributed by atoms with E-state index in [0.29, 0.717) is 0 Å². The highest BCUT2D eigenvalue weighted by atomic mass is 16.1. The third kappa shape index (κ3) is 1.57. The van der Waals surface area contributed by atoms with Gasteiger partial charge in [-0.05, 0) is 12.1 Å². The summed E-state index contributed by atoms with van der Waals surface area (Å²) in [6.45, 7) is 3.27. The molecular formula is C11H9N2O. The monoisotopic (exact) mass is 185 g/mol. The average Bonchev–Trinajstić information content (AvgIpc) is 2.18. The lowest BCUT2D eigenvalue weighted by atomic mass is 10.1. The lowest BCUT2D eigenvalue weighted by Gasteiger charge is -2.05. The van der Waals surface area contributed by atoms with E-state index in [9.17, 15) is 4.79 Å². The topological polar surface area (TPSA) is 42.0 Å². The smallest absolute Gasteiger partial charge is 0.224 e. The van der Waals surface area contributed by atoms with E-state index in [0.717, 1.165) is 16.5 Å². The third-order valence-electron chi connectivity index (χ3n) is 1.95. The Morgan fingerprint density at radius 1 is 1.36 bits per heavy atom. The lowest BCUT2D eigenvalue weighted by molar-refractivity contribution is -0.112. The Morgan fingerprint density at radius 3 is 3.00 bits per heavy atom. The second kappa shape index (κ2) is 3.46. The summed E-state index contributed by atoms with van der Waals surface area (Å²) in [5, 5.41) is 4.64. The van der Waals surface area contributed by atoms with Gasteiger partial charge in [-0.1, -0.05) is 12.1 Å². The molecule has 3 nitrogen and oxygen atoms in total. The number of fused-ring (bicyclic) bond motifs is 1. The summed E-state index contributed by atoms with van der Waals surface area (Å²) in [6, 6.07) is 7.52. The van der Waals surface area contributed by atoms with Crippen LogP contribution in [0.1, 0.15) is 0 Å². The van der Waals surface area contributed by atoms with Gasteiger partial charge in [-0.2, -0.15) is 0 Å². The standard InChI is InChI=1S/C11H9N2O/c1-8(14)13-11-4-2-3-9-7-12-6-5-10(9)11/h2-7H,1H2,(H,13,14). The number of amides is 1. The summed E-state index contributed by atoms with van der Waals surface area (Å²) in [4.78, 5) is 14.8. The Hall–Kier alpha value is -1.90. The molecular weight excluding hydrogens is 176 g/mol. The first-order chi connectivity index (χ1) is 6.77. The SMILES string of the molecule is [CH2]C(=O)Nc1cccc2cnccc12. The predicted octanol–water partition coefficient (Wildman–Crippen LogP) is 2.01. The average molecular weight is 185 g/mol. The molecule has 0 bridgehead atoms. The van der Waals surface area contributed by atoms with Crippen molar-refractivity contribution < 1.29 is 4.79 Å². The van der Waals surface area contributed by atoms with Gasteiger partial charge in [-0.15, -0.1) is 0 Å². The summed E-state index contributed by atoms with van der Waals surface area (Å²) in [5.41, 5.74) is 0.768. The van der Waals surface area contributed by atoms with Crippen LogP contribution in [-0.4, -0.2) is 10.9 Å². The van der Waals surface area contributed by atoms with Gasteiger partial charge in [0.1, 0.15) is 0 Å². The Bertz CT molecular complexity index is 474. The van der Waals surface area contributed by atoms with Crippen molar-refractivity contribution in [1.29, 1.82) is 0 Å². The van der Waals surface area contributed by atoms with Crippen LogP contribution in [0.3, 0.4) is 0 Å². The molecule has 0 aliphatic carbocycles. The maximum Gasteiger partial charge on any atom is 0.224 e. The Morgan fingerprint density at radius 2 is 2.21 bits per heavy atom. The number of nitrogens with one attached hydrogen (secondary N) is 1. The number of aromatic nitrogens is 1. The maximum absolute atomic E-state index is 10.8. The molecule has 0 aliphatic heterocycles. The summed E-state index contributed by atoms with van der Waals surface area (Å²) in [5.74, 6) is -0.311.